The summed E-state index contributed by atoms with van der Waals surface area (Å²) in [7, 11) is 0. The summed E-state index contributed by atoms with van der Waals surface area (Å²) in [5, 5.41) is 7.21. The summed E-state index contributed by atoms with van der Waals surface area (Å²) < 4.78 is 20.9. The van der Waals surface area contributed by atoms with Crippen LogP contribution in [0.2, 0.25) is 0 Å². The number of nitrogens with one attached hydrogen (secondary N) is 1. The number of ether oxygens (including phenoxy) is 1. The predicted octanol–water partition coefficient (Wildman–Crippen LogP) is 5.07. The highest BCUT2D eigenvalue weighted by molar-refractivity contribution is 6.04. The minimum Gasteiger partial charge on any atom is -0.455 e. The average Bonchev–Trinajstić information content (AvgIpc) is 3.07. The van der Waals surface area contributed by atoms with Crippen molar-refractivity contribution in [3.05, 3.63) is 95.7 Å². The molecule has 150 valence electrons. The first-order valence-electron chi connectivity index (χ1n) is 9.33. The number of halogens is 1. The Hall–Kier alpha value is -4.00. The summed E-state index contributed by atoms with van der Waals surface area (Å²) >= 11 is 0. The van der Waals surface area contributed by atoms with Crippen molar-refractivity contribution < 1.29 is 13.9 Å². The van der Waals surface area contributed by atoms with Gasteiger partial charge in [-0.3, -0.25) is 4.79 Å². The summed E-state index contributed by atoms with van der Waals surface area (Å²) in [5.41, 5.74) is 2.71. The van der Waals surface area contributed by atoms with Crippen molar-refractivity contribution in [3.63, 3.8) is 0 Å². The van der Waals surface area contributed by atoms with E-state index >= 15 is 0 Å². The fourth-order valence-corrected chi connectivity index (χ4v) is 3.02. The number of carbonyl (C=O) groups excluding carboxylic acids is 1. The lowest BCUT2D eigenvalue weighted by molar-refractivity contribution is 0.102. The molecule has 0 atom stereocenters. The summed E-state index contributed by atoms with van der Waals surface area (Å²) in [5.74, 6) is 0.642. The lowest BCUT2D eigenvalue weighted by Gasteiger charge is -2.12. The number of amides is 1. The lowest BCUT2D eigenvalue weighted by atomic mass is 10.2. The molecule has 0 aliphatic rings. The van der Waals surface area contributed by atoms with Gasteiger partial charge >= 0.3 is 0 Å². The molecule has 6 nitrogen and oxygen atoms in total. The molecule has 0 aliphatic heterocycles. The van der Waals surface area contributed by atoms with Crippen LogP contribution in [0.4, 0.5) is 10.1 Å². The Labute approximate surface area is 173 Å². The van der Waals surface area contributed by atoms with Gasteiger partial charge in [-0.05, 0) is 56.3 Å². The van der Waals surface area contributed by atoms with Crippen LogP contribution < -0.4 is 10.1 Å². The maximum atomic E-state index is 13.4. The lowest BCUT2D eigenvalue weighted by Crippen LogP contribution is -2.13. The fraction of sp³-hybridized carbons (Fsp3) is 0.0870. The van der Waals surface area contributed by atoms with E-state index in [1.165, 1.54) is 18.3 Å². The van der Waals surface area contributed by atoms with Gasteiger partial charge in [-0.25, -0.2) is 14.1 Å². The fourth-order valence-electron chi connectivity index (χ4n) is 3.02. The van der Waals surface area contributed by atoms with E-state index in [0.717, 1.165) is 11.4 Å². The number of nitrogens with zero attached hydrogens (tertiary/aromatic N) is 3. The second-order valence-electron chi connectivity index (χ2n) is 6.75. The topological polar surface area (TPSA) is 69.0 Å². The van der Waals surface area contributed by atoms with Gasteiger partial charge in [0.05, 0.1) is 16.9 Å². The van der Waals surface area contributed by atoms with Crippen molar-refractivity contribution >= 4 is 11.6 Å². The van der Waals surface area contributed by atoms with Gasteiger partial charge in [-0.2, -0.15) is 5.10 Å². The number of para-hydroxylation sites is 2. The van der Waals surface area contributed by atoms with E-state index in [-0.39, 0.29) is 5.91 Å². The molecule has 0 spiro atoms. The minimum absolute atomic E-state index is 0.335. The highest BCUT2D eigenvalue weighted by Crippen LogP contribution is 2.30. The van der Waals surface area contributed by atoms with Crippen LogP contribution in [0.5, 0.6) is 11.5 Å². The van der Waals surface area contributed by atoms with Crippen LogP contribution >= 0.6 is 0 Å². The van der Waals surface area contributed by atoms with Crippen molar-refractivity contribution in [1.82, 2.24) is 14.8 Å². The van der Waals surface area contributed by atoms with Crippen LogP contribution in [0.25, 0.3) is 5.82 Å². The SMILES string of the molecule is Cc1cc(C)n(-c2ccc(C(=O)Nc3ccccc3Oc3cccc(F)c3)cn2)n1. The standard InChI is InChI=1S/C23H19FN4O2/c1-15-12-16(2)28(27-15)22-11-10-17(14-25-22)23(29)26-20-8-3-4-9-21(20)30-19-7-5-6-18(24)13-19/h3-14H,1-2H3,(H,26,29). The van der Waals surface area contributed by atoms with E-state index in [2.05, 4.69) is 15.4 Å². The molecule has 0 unspecified atom stereocenters. The Morgan fingerprint density at radius 3 is 2.57 bits per heavy atom. The number of aromatic nitrogens is 3. The highest BCUT2D eigenvalue weighted by Gasteiger charge is 2.12. The maximum absolute atomic E-state index is 13.4. The van der Waals surface area contributed by atoms with Crippen LogP contribution in [0.1, 0.15) is 21.7 Å². The van der Waals surface area contributed by atoms with Gasteiger partial charge in [0.15, 0.2) is 11.6 Å². The van der Waals surface area contributed by atoms with Crippen LogP contribution in [-0.4, -0.2) is 20.7 Å². The van der Waals surface area contributed by atoms with E-state index in [1.54, 1.807) is 53.2 Å². The number of aryl methyl sites for hydroxylation is 2. The van der Waals surface area contributed by atoms with Crippen molar-refractivity contribution in [2.45, 2.75) is 13.8 Å². The van der Waals surface area contributed by atoms with Gasteiger partial charge in [0.2, 0.25) is 0 Å². The first-order valence-corrected chi connectivity index (χ1v) is 9.33. The Balaban J connectivity index is 1.52. The molecule has 30 heavy (non-hydrogen) atoms. The van der Waals surface area contributed by atoms with E-state index in [1.807, 2.05) is 19.9 Å². The number of rotatable bonds is 5. The molecule has 0 saturated carbocycles. The molecule has 4 rings (SSSR count). The quantitative estimate of drug-likeness (QED) is 0.506. The largest absolute Gasteiger partial charge is 0.455 e. The van der Waals surface area contributed by atoms with Crippen LogP contribution in [0.3, 0.4) is 0 Å². The third-order valence-corrected chi connectivity index (χ3v) is 4.40. The molecule has 0 fully saturated rings. The van der Waals surface area contributed by atoms with E-state index in [9.17, 15) is 9.18 Å². The van der Waals surface area contributed by atoms with E-state index in [4.69, 9.17) is 4.74 Å². The Morgan fingerprint density at radius 1 is 1.03 bits per heavy atom. The zero-order valence-electron chi connectivity index (χ0n) is 16.5. The molecular formula is C23H19FN4O2. The smallest absolute Gasteiger partial charge is 0.257 e. The number of carbonyl (C=O) groups is 1. The van der Waals surface area contributed by atoms with Gasteiger partial charge < -0.3 is 10.1 Å². The van der Waals surface area contributed by atoms with E-state index in [0.29, 0.717) is 28.6 Å². The maximum Gasteiger partial charge on any atom is 0.257 e. The molecule has 4 aromatic rings. The van der Waals surface area contributed by atoms with Crippen molar-refractivity contribution in [2.24, 2.45) is 0 Å². The van der Waals surface area contributed by atoms with E-state index < -0.39 is 5.82 Å². The number of hydrogen-bond donors (Lipinski definition) is 1. The number of benzene rings is 2. The van der Waals surface area contributed by atoms with Crippen molar-refractivity contribution in [1.29, 1.82) is 0 Å². The molecule has 0 saturated heterocycles. The molecule has 7 heteroatoms. The van der Waals surface area contributed by atoms with Crippen LogP contribution in [0, 0.1) is 19.7 Å². The highest BCUT2D eigenvalue weighted by atomic mass is 19.1. The number of anilines is 1. The molecule has 2 aromatic carbocycles. The normalized spacial score (nSPS) is 10.6. The molecule has 0 aliphatic carbocycles. The molecule has 0 radical (unpaired) electrons. The summed E-state index contributed by atoms with van der Waals surface area (Å²) in [6.07, 6.45) is 1.50. The summed E-state index contributed by atoms with van der Waals surface area (Å²) in [4.78, 5) is 17.1. The monoisotopic (exact) mass is 402 g/mol. The number of pyridine rings is 1. The van der Waals surface area contributed by atoms with Crippen LogP contribution in [0.15, 0.2) is 72.9 Å². The molecule has 0 bridgehead atoms. The average molecular weight is 402 g/mol. The minimum atomic E-state index is -0.400. The summed E-state index contributed by atoms with van der Waals surface area (Å²) in [6.45, 7) is 3.85. The molecule has 2 aromatic heterocycles. The summed E-state index contributed by atoms with van der Waals surface area (Å²) in [6, 6.07) is 18.2. The van der Waals surface area contributed by atoms with Gasteiger partial charge in [0.1, 0.15) is 11.6 Å². The predicted molar refractivity (Wildman–Crippen MR) is 112 cm³/mol. The number of hydrogen-bond acceptors (Lipinski definition) is 4. The Bertz CT molecular complexity index is 1200. The van der Waals surface area contributed by atoms with Gasteiger partial charge in [0, 0.05) is 18.0 Å². The molecule has 1 N–H and O–H groups in total. The van der Waals surface area contributed by atoms with Crippen LogP contribution in [-0.2, 0) is 0 Å². The van der Waals surface area contributed by atoms with Gasteiger partial charge in [-0.1, -0.05) is 18.2 Å². The first kappa shape index (κ1) is 19.3. The zero-order chi connectivity index (χ0) is 21.1. The van der Waals surface area contributed by atoms with Crippen molar-refractivity contribution in [3.8, 4) is 17.3 Å². The molecule has 2 heterocycles. The van der Waals surface area contributed by atoms with Crippen molar-refractivity contribution in [2.75, 3.05) is 5.32 Å². The van der Waals surface area contributed by atoms with Gasteiger partial charge in [-0.15, -0.1) is 0 Å². The second kappa shape index (κ2) is 8.16. The second-order valence-corrected chi connectivity index (χ2v) is 6.75. The van der Waals surface area contributed by atoms with Gasteiger partial charge in [0.25, 0.3) is 5.91 Å². The molecule has 1 amide bonds. The molecular weight excluding hydrogens is 383 g/mol. The first-order chi connectivity index (χ1) is 14.5. The third kappa shape index (κ3) is 4.20. The Morgan fingerprint density at radius 2 is 1.87 bits per heavy atom. The zero-order valence-corrected chi connectivity index (χ0v) is 16.5. The Kier molecular flexibility index (Phi) is 5.26. The third-order valence-electron chi connectivity index (χ3n) is 4.40.